The lowest BCUT2D eigenvalue weighted by Gasteiger charge is -2.31. The molecule has 3 rings (SSSR count). The number of benzene rings is 2. The summed E-state index contributed by atoms with van der Waals surface area (Å²) in [5.74, 6) is -0.286. The fourth-order valence-electron chi connectivity index (χ4n) is 3.54. The number of anilines is 1. The Labute approximate surface area is 188 Å². The summed E-state index contributed by atoms with van der Waals surface area (Å²) in [6, 6.07) is 12.6. The van der Waals surface area contributed by atoms with Gasteiger partial charge in [-0.3, -0.25) is 4.79 Å². The van der Waals surface area contributed by atoms with Crippen LogP contribution in [-0.4, -0.2) is 31.7 Å². The van der Waals surface area contributed by atoms with Gasteiger partial charge in [0.15, 0.2) is 0 Å². The quantitative estimate of drug-likeness (QED) is 0.625. The van der Waals surface area contributed by atoms with E-state index >= 15 is 0 Å². The Balaban J connectivity index is 1.64. The Bertz CT molecular complexity index is 1010. The van der Waals surface area contributed by atoms with Crippen molar-refractivity contribution >= 4 is 44.8 Å². The molecule has 1 N–H and O–H groups in total. The minimum atomic E-state index is -3.57. The van der Waals surface area contributed by atoms with E-state index in [0.29, 0.717) is 40.9 Å². The van der Waals surface area contributed by atoms with E-state index in [2.05, 4.69) is 19.2 Å². The molecular weight excluding hydrogens is 443 g/mol. The van der Waals surface area contributed by atoms with Crippen LogP contribution in [0, 0.1) is 5.92 Å². The summed E-state index contributed by atoms with van der Waals surface area (Å²) in [4.78, 5) is 12.7. The van der Waals surface area contributed by atoms with Crippen LogP contribution in [0.15, 0.2) is 42.5 Å². The molecule has 0 radical (unpaired) electrons. The van der Waals surface area contributed by atoms with E-state index in [1.807, 2.05) is 24.3 Å². The van der Waals surface area contributed by atoms with Gasteiger partial charge in [0.05, 0.1) is 21.7 Å². The van der Waals surface area contributed by atoms with Crippen molar-refractivity contribution in [1.29, 1.82) is 0 Å². The Morgan fingerprint density at radius 3 is 2.47 bits per heavy atom. The zero-order chi connectivity index (χ0) is 21.9. The molecule has 2 aromatic rings. The lowest BCUT2D eigenvalue weighted by Crippen LogP contribution is -2.44. The van der Waals surface area contributed by atoms with Crippen LogP contribution in [0.3, 0.4) is 0 Å². The fourth-order valence-corrected chi connectivity index (χ4v) is 5.45. The van der Waals surface area contributed by atoms with Crippen LogP contribution in [0.1, 0.15) is 43.7 Å². The average Bonchev–Trinajstić information content (AvgIpc) is 2.71. The molecule has 1 fully saturated rings. The number of amides is 1. The van der Waals surface area contributed by atoms with Gasteiger partial charge in [0.1, 0.15) is 0 Å². The Hall–Kier alpha value is -1.60. The van der Waals surface area contributed by atoms with E-state index in [-0.39, 0.29) is 24.1 Å². The first-order chi connectivity index (χ1) is 14.2. The van der Waals surface area contributed by atoms with Crippen molar-refractivity contribution in [3.8, 4) is 0 Å². The summed E-state index contributed by atoms with van der Waals surface area (Å²) < 4.78 is 27.2. The summed E-state index contributed by atoms with van der Waals surface area (Å²) in [5.41, 5.74) is 2.49. The SMILES string of the molecule is CC(C)c1ccc(NC(=O)[C@H]2CCCN(S(=O)(=O)Cc3ccc(Cl)c(Cl)c3)C2)cc1. The number of nitrogens with zero attached hydrogens (tertiary/aromatic N) is 1. The molecule has 8 heteroatoms. The van der Waals surface area contributed by atoms with Crippen LogP contribution in [0.5, 0.6) is 0 Å². The molecular formula is C22H26Cl2N2O3S. The number of sulfonamides is 1. The summed E-state index contributed by atoms with van der Waals surface area (Å²) in [5, 5.41) is 3.63. The lowest BCUT2D eigenvalue weighted by molar-refractivity contribution is -0.120. The zero-order valence-electron chi connectivity index (χ0n) is 17.1. The molecule has 0 unspecified atom stereocenters. The third-order valence-electron chi connectivity index (χ3n) is 5.33. The number of piperidine rings is 1. The summed E-state index contributed by atoms with van der Waals surface area (Å²) in [6.45, 7) is 4.82. The van der Waals surface area contributed by atoms with Crippen LogP contribution in [0.4, 0.5) is 5.69 Å². The van der Waals surface area contributed by atoms with Gasteiger partial charge < -0.3 is 5.32 Å². The number of halogens is 2. The third kappa shape index (κ3) is 5.76. The van der Waals surface area contributed by atoms with Crippen LogP contribution < -0.4 is 5.32 Å². The predicted molar refractivity (Wildman–Crippen MR) is 123 cm³/mol. The molecule has 1 atom stereocenters. The van der Waals surface area contributed by atoms with E-state index in [0.717, 1.165) is 5.69 Å². The van der Waals surface area contributed by atoms with Crippen LogP contribution in [0.2, 0.25) is 10.0 Å². The largest absolute Gasteiger partial charge is 0.326 e. The molecule has 1 saturated heterocycles. The maximum atomic E-state index is 12.9. The van der Waals surface area contributed by atoms with Gasteiger partial charge in [0.25, 0.3) is 0 Å². The average molecular weight is 469 g/mol. The van der Waals surface area contributed by atoms with E-state index in [9.17, 15) is 13.2 Å². The number of rotatable bonds is 6. The number of carbonyl (C=O) groups is 1. The Morgan fingerprint density at radius 2 is 1.83 bits per heavy atom. The number of carbonyl (C=O) groups excluding carboxylic acids is 1. The molecule has 0 aromatic heterocycles. The highest BCUT2D eigenvalue weighted by atomic mass is 35.5. The normalized spacial score (nSPS) is 17.8. The van der Waals surface area contributed by atoms with E-state index < -0.39 is 10.0 Å². The summed E-state index contributed by atoms with van der Waals surface area (Å²) in [6.07, 6.45) is 1.31. The second-order valence-electron chi connectivity index (χ2n) is 7.97. The van der Waals surface area contributed by atoms with Crippen molar-refractivity contribution in [2.45, 2.75) is 38.4 Å². The van der Waals surface area contributed by atoms with Gasteiger partial charge in [0.2, 0.25) is 15.9 Å². The number of hydrogen-bond donors (Lipinski definition) is 1. The van der Waals surface area contributed by atoms with E-state index in [1.165, 1.54) is 9.87 Å². The molecule has 0 saturated carbocycles. The highest BCUT2D eigenvalue weighted by Crippen LogP contribution is 2.26. The highest BCUT2D eigenvalue weighted by molar-refractivity contribution is 7.88. The fraction of sp³-hybridized carbons (Fsp3) is 0.409. The van der Waals surface area contributed by atoms with Crippen molar-refractivity contribution in [1.82, 2.24) is 4.31 Å². The first-order valence-electron chi connectivity index (χ1n) is 9.98. The van der Waals surface area contributed by atoms with Gasteiger partial charge in [-0.2, -0.15) is 0 Å². The minimum absolute atomic E-state index is 0.151. The molecule has 30 heavy (non-hydrogen) atoms. The third-order valence-corrected chi connectivity index (χ3v) is 7.88. The molecule has 2 aromatic carbocycles. The van der Waals surface area contributed by atoms with Gasteiger partial charge in [-0.15, -0.1) is 0 Å². The van der Waals surface area contributed by atoms with Gasteiger partial charge in [-0.1, -0.05) is 55.2 Å². The molecule has 1 amide bonds. The maximum absolute atomic E-state index is 12.9. The Morgan fingerprint density at radius 1 is 1.13 bits per heavy atom. The topological polar surface area (TPSA) is 66.5 Å². The minimum Gasteiger partial charge on any atom is -0.326 e. The van der Waals surface area contributed by atoms with Crippen molar-refractivity contribution in [2.24, 2.45) is 5.92 Å². The first kappa shape index (κ1) is 23.1. The van der Waals surface area contributed by atoms with Crippen molar-refractivity contribution in [2.75, 3.05) is 18.4 Å². The lowest BCUT2D eigenvalue weighted by atomic mass is 9.98. The van der Waals surface area contributed by atoms with Gasteiger partial charge >= 0.3 is 0 Å². The van der Waals surface area contributed by atoms with Crippen molar-refractivity contribution in [3.63, 3.8) is 0 Å². The van der Waals surface area contributed by atoms with Crippen LogP contribution in [-0.2, 0) is 20.6 Å². The molecule has 1 aliphatic heterocycles. The van der Waals surface area contributed by atoms with Crippen molar-refractivity contribution < 1.29 is 13.2 Å². The second kappa shape index (κ2) is 9.69. The molecule has 162 valence electrons. The monoisotopic (exact) mass is 468 g/mol. The number of hydrogen-bond acceptors (Lipinski definition) is 3. The second-order valence-corrected chi connectivity index (χ2v) is 10.8. The molecule has 1 aliphatic rings. The smallest absolute Gasteiger partial charge is 0.228 e. The van der Waals surface area contributed by atoms with Crippen LogP contribution >= 0.6 is 23.2 Å². The number of nitrogens with one attached hydrogen (secondary N) is 1. The van der Waals surface area contributed by atoms with Gasteiger partial charge in [-0.25, -0.2) is 12.7 Å². The van der Waals surface area contributed by atoms with Gasteiger partial charge in [-0.05, 0) is 54.2 Å². The summed E-state index contributed by atoms with van der Waals surface area (Å²) in [7, 11) is -3.57. The van der Waals surface area contributed by atoms with E-state index in [4.69, 9.17) is 23.2 Å². The molecule has 0 bridgehead atoms. The standard InChI is InChI=1S/C22H26Cl2N2O3S/c1-15(2)17-6-8-19(9-7-17)25-22(27)18-4-3-11-26(13-18)30(28,29)14-16-5-10-20(23)21(24)12-16/h5-10,12,15,18H,3-4,11,13-14H2,1-2H3,(H,25,27)/t18-/m0/s1. The zero-order valence-corrected chi connectivity index (χ0v) is 19.4. The first-order valence-corrected chi connectivity index (χ1v) is 12.3. The van der Waals surface area contributed by atoms with E-state index in [1.54, 1.807) is 18.2 Å². The molecule has 0 spiro atoms. The maximum Gasteiger partial charge on any atom is 0.228 e. The highest BCUT2D eigenvalue weighted by Gasteiger charge is 2.32. The molecule has 1 heterocycles. The predicted octanol–water partition coefficient (Wildman–Crippen LogP) is 5.30. The van der Waals surface area contributed by atoms with Crippen molar-refractivity contribution in [3.05, 3.63) is 63.6 Å². The van der Waals surface area contributed by atoms with Gasteiger partial charge in [0, 0.05) is 18.8 Å². The molecule has 5 nitrogen and oxygen atoms in total. The van der Waals surface area contributed by atoms with Crippen LogP contribution in [0.25, 0.3) is 0 Å². The Kier molecular flexibility index (Phi) is 7.45. The molecule has 0 aliphatic carbocycles. The summed E-state index contributed by atoms with van der Waals surface area (Å²) >= 11 is 11.9.